The van der Waals surface area contributed by atoms with Crippen LogP contribution in [0.25, 0.3) is 0 Å². The molecule has 5 nitrogen and oxygen atoms in total. The van der Waals surface area contributed by atoms with Gasteiger partial charge >= 0.3 is 5.97 Å². The summed E-state index contributed by atoms with van der Waals surface area (Å²) in [5.74, 6) is -0.647. The van der Waals surface area contributed by atoms with E-state index in [1.54, 1.807) is 0 Å². The monoisotopic (exact) mass is 238 g/mol. The number of nitrogens with one attached hydrogen (secondary N) is 1. The molecule has 0 aromatic heterocycles. The molecule has 0 aromatic rings. The second-order valence-electron chi connectivity index (χ2n) is 3.35. The Morgan fingerprint density at radius 2 is 1.93 bits per heavy atom. The van der Waals surface area contributed by atoms with Crippen LogP contribution >= 0.6 is 12.4 Å². The predicted molar refractivity (Wildman–Crippen MR) is 59.7 cm³/mol. The van der Waals surface area contributed by atoms with Gasteiger partial charge in [-0.05, 0) is 5.92 Å². The standard InChI is InChI=1S/C9H18N2O3.ClH/c1-6(2)8(9(13)14-3)11-7(12)4-5-10;/h6,8H,4-5,10H2,1-3H3,(H,11,12);1H. The summed E-state index contributed by atoms with van der Waals surface area (Å²) in [4.78, 5) is 22.4. The van der Waals surface area contributed by atoms with Crippen LogP contribution in [-0.4, -0.2) is 31.6 Å². The van der Waals surface area contributed by atoms with Crippen molar-refractivity contribution in [3.8, 4) is 0 Å². The number of esters is 1. The van der Waals surface area contributed by atoms with Crippen molar-refractivity contribution >= 4 is 24.3 Å². The molecule has 0 fully saturated rings. The molecule has 0 saturated heterocycles. The molecule has 3 N–H and O–H groups in total. The lowest BCUT2D eigenvalue weighted by molar-refractivity contribution is -0.146. The number of nitrogens with two attached hydrogens (primary N) is 1. The molecule has 1 atom stereocenters. The maximum atomic E-state index is 11.2. The second kappa shape index (κ2) is 8.49. The van der Waals surface area contributed by atoms with Gasteiger partial charge in [0.05, 0.1) is 7.11 Å². The van der Waals surface area contributed by atoms with Crippen LogP contribution in [0.15, 0.2) is 0 Å². The van der Waals surface area contributed by atoms with Crippen LogP contribution in [0.4, 0.5) is 0 Å². The fraction of sp³-hybridized carbons (Fsp3) is 0.778. The number of halogens is 1. The van der Waals surface area contributed by atoms with E-state index < -0.39 is 12.0 Å². The Hall–Kier alpha value is -0.810. The van der Waals surface area contributed by atoms with Gasteiger partial charge in [0.15, 0.2) is 0 Å². The Bertz CT molecular complexity index is 210. The van der Waals surface area contributed by atoms with Crippen molar-refractivity contribution in [2.45, 2.75) is 26.3 Å². The molecular weight excluding hydrogens is 220 g/mol. The van der Waals surface area contributed by atoms with Gasteiger partial charge in [0, 0.05) is 13.0 Å². The quantitative estimate of drug-likeness (QED) is 0.665. The fourth-order valence-corrected chi connectivity index (χ4v) is 1.00. The van der Waals surface area contributed by atoms with Crippen LogP contribution in [0, 0.1) is 5.92 Å². The molecule has 6 heteroatoms. The van der Waals surface area contributed by atoms with Gasteiger partial charge in [0.1, 0.15) is 6.04 Å². The number of rotatable bonds is 5. The van der Waals surface area contributed by atoms with E-state index in [9.17, 15) is 9.59 Å². The van der Waals surface area contributed by atoms with Gasteiger partial charge in [-0.3, -0.25) is 4.79 Å². The molecule has 0 radical (unpaired) electrons. The number of carbonyl (C=O) groups excluding carboxylic acids is 2. The van der Waals surface area contributed by atoms with Crippen molar-refractivity contribution in [2.24, 2.45) is 11.7 Å². The van der Waals surface area contributed by atoms with Gasteiger partial charge in [-0.15, -0.1) is 12.4 Å². The molecule has 0 heterocycles. The molecule has 0 spiro atoms. The SMILES string of the molecule is COC(=O)C(NC(=O)CCN)C(C)C.Cl. The van der Waals surface area contributed by atoms with Crippen molar-refractivity contribution in [3.63, 3.8) is 0 Å². The molecule has 0 rings (SSSR count). The summed E-state index contributed by atoms with van der Waals surface area (Å²) in [7, 11) is 1.30. The molecule has 1 unspecified atom stereocenters. The largest absolute Gasteiger partial charge is 0.467 e. The Labute approximate surface area is 96.1 Å². The van der Waals surface area contributed by atoms with Crippen molar-refractivity contribution in [3.05, 3.63) is 0 Å². The van der Waals surface area contributed by atoms with Crippen LogP contribution in [0.2, 0.25) is 0 Å². The lowest BCUT2D eigenvalue weighted by atomic mass is 10.0. The first-order chi connectivity index (χ1) is 6.52. The van der Waals surface area contributed by atoms with Gasteiger partial charge in [0.25, 0.3) is 0 Å². The lowest BCUT2D eigenvalue weighted by Crippen LogP contribution is -2.45. The van der Waals surface area contributed by atoms with Gasteiger partial charge in [0.2, 0.25) is 5.91 Å². The number of methoxy groups -OCH3 is 1. The number of hydrogen-bond acceptors (Lipinski definition) is 4. The summed E-state index contributed by atoms with van der Waals surface area (Å²) in [6, 6.07) is -0.584. The van der Waals surface area contributed by atoms with E-state index >= 15 is 0 Å². The van der Waals surface area contributed by atoms with E-state index in [1.807, 2.05) is 13.8 Å². The third-order valence-electron chi connectivity index (χ3n) is 1.81. The maximum absolute atomic E-state index is 11.2. The number of ether oxygens (including phenoxy) is 1. The predicted octanol–water partition coefficient (Wildman–Crippen LogP) is 0.0708. The molecule has 0 aromatic carbocycles. The Kier molecular flexibility index (Phi) is 9.41. The summed E-state index contributed by atoms with van der Waals surface area (Å²) in [6.07, 6.45) is 0.222. The molecule has 0 saturated carbocycles. The highest BCUT2D eigenvalue weighted by Gasteiger charge is 2.24. The Morgan fingerprint density at radius 3 is 2.27 bits per heavy atom. The van der Waals surface area contributed by atoms with E-state index in [4.69, 9.17) is 5.73 Å². The second-order valence-corrected chi connectivity index (χ2v) is 3.35. The zero-order chi connectivity index (χ0) is 11.1. The van der Waals surface area contributed by atoms with Crippen molar-refractivity contribution in [1.82, 2.24) is 5.32 Å². The average molecular weight is 239 g/mol. The molecule has 1 amide bonds. The highest BCUT2D eigenvalue weighted by atomic mass is 35.5. The molecular formula is C9H19ClN2O3. The third-order valence-corrected chi connectivity index (χ3v) is 1.81. The third kappa shape index (κ3) is 6.30. The minimum absolute atomic E-state index is 0. The highest BCUT2D eigenvalue weighted by Crippen LogP contribution is 2.03. The minimum atomic E-state index is -0.584. The average Bonchev–Trinajstić information content (AvgIpc) is 2.13. The highest BCUT2D eigenvalue weighted by molar-refractivity contribution is 5.85. The summed E-state index contributed by atoms with van der Waals surface area (Å²) < 4.78 is 4.57. The number of hydrogen-bond donors (Lipinski definition) is 2. The van der Waals surface area contributed by atoms with Gasteiger partial charge in [-0.1, -0.05) is 13.8 Å². The van der Waals surface area contributed by atoms with Crippen molar-refractivity contribution < 1.29 is 14.3 Å². The zero-order valence-electron chi connectivity index (χ0n) is 9.28. The first-order valence-corrected chi connectivity index (χ1v) is 4.60. The van der Waals surface area contributed by atoms with E-state index in [0.29, 0.717) is 0 Å². The molecule has 0 aliphatic carbocycles. The van der Waals surface area contributed by atoms with Gasteiger partial charge in [-0.2, -0.15) is 0 Å². The summed E-state index contributed by atoms with van der Waals surface area (Å²) in [5.41, 5.74) is 5.21. The molecule has 0 bridgehead atoms. The molecule has 0 aliphatic rings. The van der Waals surface area contributed by atoms with Crippen LogP contribution in [-0.2, 0) is 14.3 Å². The number of carbonyl (C=O) groups is 2. The normalized spacial score (nSPS) is 11.5. The van der Waals surface area contributed by atoms with E-state index in [1.165, 1.54) is 7.11 Å². The van der Waals surface area contributed by atoms with Crippen molar-refractivity contribution in [1.29, 1.82) is 0 Å². The molecule has 15 heavy (non-hydrogen) atoms. The Balaban J connectivity index is 0. The summed E-state index contributed by atoms with van der Waals surface area (Å²) in [5, 5.41) is 2.57. The van der Waals surface area contributed by atoms with Gasteiger partial charge in [-0.25, -0.2) is 4.79 Å². The smallest absolute Gasteiger partial charge is 0.328 e. The topological polar surface area (TPSA) is 81.4 Å². The van der Waals surface area contributed by atoms with E-state index in [2.05, 4.69) is 10.1 Å². The zero-order valence-corrected chi connectivity index (χ0v) is 10.1. The minimum Gasteiger partial charge on any atom is -0.467 e. The lowest BCUT2D eigenvalue weighted by Gasteiger charge is -2.19. The van der Waals surface area contributed by atoms with Crippen LogP contribution in [0.5, 0.6) is 0 Å². The van der Waals surface area contributed by atoms with Crippen molar-refractivity contribution in [2.75, 3.05) is 13.7 Å². The molecule has 90 valence electrons. The maximum Gasteiger partial charge on any atom is 0.328 e. The summed E-state index contributed by atoms with van der Waals surface area (Å²) in [6.45, 7) is 3.95. The first-order valence-electron chi connectivity index (χ1n) is 4.60. The van der Waals surface area contributed by atoms with Crippen LogP contribution < -0.4 is 11.1 Å². The van der Waals surface area contributed by atoms with Crippen LogP contribution in [0.3, 0.4) is 0 Å². The Morgan fingerprint density at radius 1 is 1.40 bits per heavy atom. The van der Waals surface area contributed by atoms with E-state index in [-0.39, 0.29) is 37.2 Å². The summed E-state index contributed by atoms with van der Waals surface area (Å²) >= 11 is 0. The van der Waals surface area contributed by atoms with Crippen LogP contribution in [0.1, 0.15) is 20.3 Å². The van der Waals surface area contributed by atoms with Gasteiger partial charge < -0.3 is 15.8 Å². The fourth-order valence-electron chi connectivity index (χ4n) is 1.00. The number of amides is 1. The first kappa shape index (κ1) is 16.6. The van der Waals surface area contributed by atoms with E-state index in [0.717, 1.165) is 0 Å². The molecule has 0 aliphatic heterocycles.